The van der Waals surface area contributed by atoms with Crippen molar-refractivity contribution in [1.29, 1.82) is 0 Å². The molecule has 0 atom stereocenters. The first-order chi connectivity index (χ1) is 7.33. The van der Waals surface area contributed by atoms with Gasteiger partial charge in [0.2, 0.25) is 0 Å². The van der Waals surface area contributed by atoms with Gasteiger partial charge in [0.05, 0.1) is 13.2 Å². The standard InChI is InChI=1S/C12H24N2O/c1-2-3-9-15-10-8-14-12-6-4-11(13)5-7-12/h2,11-12,14H,1,3-10,13H2. The third-order valence-corrected chi connectivity index (χ3v) is 2.92. The summed E-state index contributed by atoms with van der Waals surface area (Å²) < 4.78 is 5.43. The molecule has 1 aliphatic carbocycles. The Labute approximate surface area is 93.1 Å². The van der Waals surface area contributed by atoms with Crippen LogP contribution in [0.15, 0.2) is 12.7 Å². The summed E-state index contributed by atoms with van der Waals surface area (Å²) in [6.45, 7) is 6.20. The van der Waals surface area contributed by atoms with Gasteiger partial charge in [-0.1, -0.05) is 6.08 Å². The third-order valence-electron chi connectivity index (χ3n) is 2.92. The van der Waals surface area contributed by atoms with Crippen LogP contribution in [0, 0.1) is 0 Å². The van der Waals surface area contributed by atoms with E-state index in [0.29, 0.717) is 12.1 Å². The summed E-state index contributed by atoms with van der Waals surface area (Å²) in [6.07, 6.45) is 7.58. The molecule has 88 valence electrons. The van der Waals surface area contributed by atoms with Gasteiger partial charge < -0.3 is 15.8 Å². The van der Waals surface area contributed by atoms with Crippen LogP contribution in [-0.4, -0.2) is 31.8 Å². The number of nitrogens with one attached hydrogen (secondary N) is 1. The van der Waals surface area contributed by atoms with E-state index in [1.807, 2.05) is 6.08 Å². The Bertz CT molecular complexity index is 165. The summed E-state index contributed by atoms with van der Waals surface area (Å²) in [6, 6.07) is 1.10. The lowest BCUT2D eigenvalue weighted by atomic mass is 9.92. The van der Waals surface area contributed by atoms with E-state index in [4.69, 9.17) is 10.5 Å². The minimum atomic E-state index is 0.437. The van der Waals surface area contributed by atoms with Crippen LogP contribution in [0.4, 0.5) is 0 Å². The summed E-state index contributed by atoms with van der Waals surface area (Å²) in [5, 5.41) is 3.51. The van der Waals surface area contributed by atoms with Crippen LogP contribution in [0.25, 0.3) is 0 Å². The lowest BCUT2D eigenvalue weighted by Crippen LogP contribution is -2.38. The van der Waals surface area contributed by atoms with Crippen molar-refractivity contribution >= 4 is 0 Å². The third kappa shape index (κ3) is 5.92. The molecule has 0 unspecified atom stereocenters. The van der Waals surface area contributed by atoms with Crippen LogP contribution in [0.2, 0.25) is 0 Å². The number of hydrogen-bond acceptors (Lipinski definition) is 3. The zero-order valence-corrected chi connectivity index (χ0v) is 9.58. The van der Waals surface area contributed by atoms with Gasteiger partial charge >= 0.3 is 0 Å². The average Bonchev–Trinajstić information content (AvgIpc) is 2.26. The Kier molecular flexibility index (Phi) is 6.64. The smallest absolute Gasteiger partial charge is 0.0591 e. The first kappa shape index (κ1) is 12.7. The highest BCUT2D eigenvalue weighted by atomic mass is 16.5. The van der Waals surface area contributed by atoms with Crippen molar-refractivity contribution in [2.45, 2.75) is 44.2 Å². The molecule has 0 aliphatic heterocycles. The summed E-state index contributed by atoms with van der Waals surface area (Å²) in [5.74, 6) is 0. The van der Waals surface area contributed by atoms with Crippen LogP contribution in [0.5, 0.6) is 0 Å². The summed E-state index contributed by atoms with van der Waals surface area (Å²) in [7, 11) is 0. The maximum Gasteiger partial charge on any atom is 0.0591 e. The van der Waals surface area contributed by atoms with Crippen molar-refractivity contribution in [2.24, 2.45) is 5.73 Å². The first-order valence-electron chi connectivity index (χ1n) is 6.00. The lowest BCUT2D eigenvalue weighted by Gasteiger charge is -2.26. The summed E-state index contributed by atoms with van der Waals surface area (Å²) in [4.78, 5) is 0. The van der Waals surface area contributed by atoms with Gasteiger partial charge in [-0.15, -0.1) is 6.58 Å². The summed E-state index contributed by atoms with van der Waals surface area (Å²) in [5.41, 5.74) is 5.84. The van der Waals surface area contributed by atoms with Crippen molar-refractivity contribution in [2.75, 3.05) is 19.8 Å². The molecule has 3 heteroatoms. The molecule has 0 saturated heterocycles. The highest BCUT2D eigenvalue weighted by Gasteiger charge is 2.17. The predicted molar refractivity (Wildman–Crippen MR) is 63.9 cm³/mol. The molecule has 0 aromatic carbocycles. The van der Waals surface area contributed by atoms with Gasteiger partial charge in [-0.3, -0.25) is 0 Å². The fourth-order valence-corrected chi connectivity index (χ4v) is 1.93. The molecule has 1 fully saturated rings. The first-order valence-corrected chi connectivity index (χ1v) is 6.00. The van der Waals surface area contributed by atoms with Gasteiger partial charge in [-0.2, -0.15) is 0 Å². The summed E-state index contributed by atoms with van der Waals surface area (Å²) >= 11 is 0. The van der Waals surface area contributed by atoms with Gasteiger partial charge in [-0.25, -0.2) is 0 Å². The zero-order chi connectivity index (χ0) is 10.9. The molecule has 1 saturated carbocycles. The van der Waals surface area contributed by atoms with Crippen LogP contribution in [-0.2, 0) is 4.74 Å². The van der Waals surface area contributed by atoms with E-state index in [0.717, 1.165) is 39.0 Å². The minimum absolute atomic E-state index is 0.437. The van der Waals surface area contributed by atoms with Crippen molar-refractivity contribution < 1.29 is 4.74 Å². The van der Waals surface area contributed by atoms with Gasteiger partial charge in [0, 0.05) is 18.6 Å². The second-order valence-corrected chi connectivity index (χ2v) is 4.26. The molecule has 3 N–H and O–H groups in total. The SMILES string of the molecule is C=CCCOCCNC1CCC(N)CC1. The Balaban J connectivity index is 1.89. The molecule has 0 heterocycles. The second-order valence-electron chi connectivity index (χ2n) is 4.26. The monoisotopic (exact) mass is 212 g/mol. The van der Waals surface area contributed by atoms with Crippen LogP contribution in [0.1, 0.15) is 32.1 Å². The Morgan fingerprint density at radius 3 is 2.67 bits per heavy atom. The number of hydrogen-bond donors (Lipinski definition) is 2. The molecule has 0 aromatic heterocycles. The molecular weight excluding hydrogens is 188 g/mol. The van der Waals surface area contributed by atoms with E-state index in [1.54, 1.807) is 0 Å². The normalized spacial score (nSPS) is 26.5. The van der Waals surface area contributed by atoms with Crippen molar-refractivity contribution in [3.8, 4) is 0 Å². The average molecular weight is 212 g/mol. The van der Waals surface area contributed by atoms with E-state index < -0.39 is 0 Å². The molecule has 0 radical (unpaired) electrons. The molecule has 3 nitrogen and oxygen atoms in total. The largest absolute Gasteiger partial charge is 0.380 e. The van der Waals surface area contributed by atoms with E-state index >= 15 is 0 Å². The van der Waals surface area contributed by atoms with Crippen molar-refractivity contribution in [3.05, 3.63) is 12.7 Å². The fourth-order valence-electron chi connectivity index (χ4n) is 1.93. The molecular formula is C12H24N2O. The highest BCUT2D eigenvalue weighted by molar-refractivity contribution is 4.78. The van der Waals surface area contributed by atoms with Crippen molar-refractivity contribution in [1.82, 2.24) is 5.32 Å². The van der Waals surface area contributed by atoms with E-state index in [1.165, 1.54) is 12.8 Å². The Hall–Kier alpha value is -0.380. The molecule has 1 aliphatic rings. The number of ether oxygens (including phenoxy) is 1. The quantitative estimate of drug-likeness (QED) is 0.496. The highest BCUT2D eigenvalue weighted by Crippen LogP contribution is 2.16. The maximum atomic E-state index is 5.84. The van der Waals surface area contributed by atoms with E-state index in [9.17, 15) is 0 Å². The van der Waals surface area contributed by atoms with Gasteiger partial charge in [0.1, 0.15) is 0 Å². The Morgan fingerprint density at radius 2 is 2.00 bits per heavy atom. The van der Waals surface area contributed by atoms with E-state index in [2.05, 4.69) is 11.9 Å². The van der Waals surface area contributed by atoms with Gasteiger partial charge in [0.15, 0.2) is 0 Å². The van der Waals surface area contributed by atoms with Crippen LogP contribution in [0.3, 0.4) is 0 Å². The van der Waals surface area contributed by atoms with Gasteiger partial charge in [-0.05, 0) is 32.1 Å². The fraction of sp³-hybridized carbons (Fsp3) is 0.833. The second kappa shape index (κ2) is 7.85. The molecule has 0 aromatic rings. The molecule has 0 bridgehead atoms. The molecule has 15 heavy (non-hydrogen) atoms. The number of nitrogens with two attached hydrogens (primary N) is 1. The molecule has 0 amide bonds. The Morgan fingerprint density at radius 1 is 1.27 bits per heavy atom. The molecule has 0 spiro atoms. The van der Waals surface area contributed by atoms with E-state index in [-0.39, 0.29) is 0 Å². The van der Waals surface area contributed by atoms with Crippen LogP contribution < -0.4 is 11.1 Å². The zero-order valence-electron chi connectivity index (χ0n) is 9.58. The minimum Gasteiger partial charge on any atom is -0.380 e. The van der Waals surface area contributed by atoms with Crippen LogP contribution >= 0.6 is 0 Å². The topological polar surface area (TPSA) is 47.3 Å². The van der Waals surface area contributed by atoms with Gasteiger partial charge in [0.25, 0.3) is 0 Å². The number of rotatable bonds is 7. The maximum absolute atomic E-state index is 5.84. The van der Waals surface area contributed by atoms with Crippen molar-refractivity contribution in [3.63, 3.8) is 0 Å². The lowest BCUT2D eigenvalue weighted by molar-refractivity contribution is 0.136. The molecule has 1 rings (SSSR count). The predicted octanol–water partition coefficient (Wildman–Crippen LogP) is 1.44.